The van der Waals surface area contributed by atoms with Gasteiger partial charge in [-0.15, -0.1) is 10.2 Å². The highest BCUT2D eigenvalue weighted by Crippen LogP contribution is 2.21. The second kappa shape index (κ2) is 8.79. The summed E-state index contributed by atoms with van der Waals surface area (Å²) in [5.41, 5.74) is 4.07. The zero-order valence-corrected chi connectivity index (χ0v) is 16.9. The summed E-state index contributed by atoms with van der Waals surface area (Å²) in [6.45, 7) is 6.20. The number of ether oxygens (including phenoxy) is 1. The Morgan fingerprint density at radius 2 is 1.93 bits per heavy atom. The first-order chi connectivity index (χ1) is 13.4. The number of nitrogens with zero attached hydrogens (tertiary/aromatic N) is 3. The molecular weight excluding hydrogens is 374 g/mol. The van der Waals surface area contributed by atoms with Crippen LogP contribution in [0.15, 0.2) is 47.6 Å². The molecule has 0 saturated heterocycles. The van der Waals surface area contributed by atoms with E-state index in [1.807, 2.05) is 57.2 Å². The molecule has 1 amide bonds. The van der Waals surface area contributed by atoms with Gasteiger partial charge in [0.25, 0.3) is 0 Å². The van der Waals surface area contributed by atoms with Crippen LogP contribution in [-0.2, 0) is 11.4 Å². The first-order valence-electron chi connectivity index (χ1n) is 8.81. The Labute approximate surface area is 168 Å². The molecule has 8 heteroatoms. The summed E-state index contributed by atoms with van der Waals surface area (Å²) in [4.78, 5) is 12.1. The second-order valence-corrected chi connectivity index (χ2v) is 7.48. The summed E-state index contributed by atoms with van der Waals surface area (Å²) in [6, 6.07) is 13.6. The number of hydrogen-bond acceptors (Lipinski definition) is 6. The standard InChI is InChI=1S/C20H23N5O2S/c1-13-5-4-6-16(10-13)22-19(26)12-28-20-24-23-18(25(20)21)11-27-17-8-7-14(2)9-15(17)3/h4-10H,11-12,21H2,1-3H3,(H,22,26). The molecule has 3 rings (SSSR count). The summed E-state index contributed by atoms with van der Waals surface area (Å²) >= 11 is 1.22. The number of nitrogen functional groups attached to an aromatic ring is 1. The zero-order chi connectivity index (χ0) is 20.1. The van der Waals surface area contributed by atoms with Gasteiger partial charge < -0.3 is 15.9 Å². The molecule has 1 heterocycles. The van der Waals surface area contributed by atoms with E-state index in [0.29, 0.717) is 11.0 Å². The Morgan fingerprint density at radius 1 is 1.14 bits per heavy atom. The summed E-state index contributed by atoms with van der Waals surface area (Å²) in [5, 5.41) is 11.4. The highest BCUT2D eigenvalue weighted by atomic mass is 32.2. The van der Waals surface area contributed by atoms with Crippen molar-refractivity contribution in [2.45, 2.75) is 32.5 Å². The molecule has 0 radical (unpaired) electrons. The Hall–Kier alpha value is -3.00. The van der Waals surface area contributed by atoms with Crippen LogP contribution in [0.1, 0.15) is 22.5 Å². The number of hydrogen-bond donors (Lipinski definition) is 2. The van der Waals surface area contributed by atoms with Gasteiger partial charge in [-0.1, -0.05) is 41.6 Å². The van der Waals surface area contributed by atoms with Gasteiger partial charge in [-0.3, -0.25) is 4.79 Å². The lowest BCUT2D eigenvalue weighted by molar-refractivity contribution is -0.113. The number of amides is 1. The second-order valence-electron chi connectivity index (χ2n) is 6.53. The number of nitrogens with one attached hydrogen (secondary N) is 1. The molecule has 0 unspecified atom stereocenters. The molecule has 0 atom stereocenters. The Morgan fingerprint density at radius 3 is 2.68 bits per heavy atom. The van der Waals surface area contributed by atoms with E-state index in [2.05, 4.69) is 21.6 Å². The normalized spacial score (nSPS) is 10.7. The molecule has 146 valence electrons. The molecular formula is C20H23N5O2S. The molecule has 0 saturated carbocycles. The minimum absolute atomic E-state index is 0.133. The summed E-state index contributed by atoms with van der Waals surface area (Å²) < 4.78 is 7.15. The molecule has 0 fully saturated rings. The monoisotopic (exact) mass is 397 g/mol. The van der Waals surface area contributed by atoms with Gasteiger partial charge in [-0.2, -0.15) is 0 Å². The minimum Gasteiger partial charge on any atom is -0.485 e. The fourth-order valence-electron chi connectivity index (χ4n) is 2.66. The number of aryl methyl sites for hydroxylation is 3. The predicted octanol–water partition coefficient (Wildman–Crippen LogP) is 3.23. The fraction of sp³-hybridized carbons (Fsp3) is 0.250. The average molecular weight is 398 g/mol. The van der Waals surface area contributed by atoms with Crippen molar-refractivity contribution < 1.29 is 9.53 Å². The van der Waals surface area contributed by atoms with Crippen molar-refractivity contribution in [3.63, 3.8) is 0 Å². The molecule has 0 aliphatic carbocycles. The highest BCUT2D eigenvalue weighted by molar-refractivity contribution is 7.99. The van der Waals surface area contributed by atoms with E-state index >= 15 is 0 Å². The van der Waals surface area contributed by atoms with Gasteiger partial charge in [-0.25, -0.2) is 4.68 Å². The molecule has 3 aromatic rings. The highest BCUT2D eigenvalue weighted by Gasteiger charge is 2.13. The van der Waals surface area contributed by atoms with Crippen LogP contribution in [0.5, 0.6) is 5.75 Å². The molecule has 7 nitrogen and oxygen atoms in total. The van der Waals surface area contributed by atoms with Gasteiger partial charge in [0.2, 0.25) is 11.1 Å². The molecule has 28 heavy (non-hydrogen) atoms. The third kappa shape index (κ3) is 5.04. The van der Waals surface area contributed by atoms with Gasteiger partial charge in [0, 0.05) is 5.69 Å². The summed E-state index contributed by atoms with van der Waals surface area (Å²) in [7, 11) is 0. The van der Waals surface area contributed by atoms with Crippen molar-refractivity contribution in [2.75, 3.05) is 16.9 Å². The van der Waals surface area contributed by atoms with E-state index < -0.39 is 0 Å². The quantitative estimate of drug-likeness (QED) is 0.469. The third-order valence-corrected chi connectivity index (χ3v) is 5.00. The maximum absolute atomic E-state index is 12.1. The lowest BCUT2D eigenvalue weighted by Crippen LogP contribution is -2.18. The van der Waals surface area contributed by atoms with Gasteiger partial charge in [0.15, 0.2) is 5.82 Å². The molecule has 1 aromatic heterocycles. The Balaban J connectivity index is 1.54. The predicted molar refractivity (Wildman–Crippen MR) is 111 cm³/mol. The molecule has 0 bridgehead atoms. The average Bonchev–Trinajstić information content (AvgIpc) is 2.99. The van der Waals surface area contributed by atoms with Crippen LogP contribution >= 0.6 is 11.8 Å². The van der Waals surface area contributed by atoms with Crippen molar-refractivity contribution in [2.24, 2.45) is 0 Å². The molecule has 3 N–H and O–H groups in total. The largest absolute Gasteiger partial charge is 0.485 e. The van der Waals surface area contributed by atoms with Crippen LogP contribution in [0.2, 0.25) is 0 Å². The number of rotatable bonds is 7. The van der Waals surface area contributed by atoms with Crippen LogP contribution in [0.25, 0.3) is 0 Å². The SMILES string of the molecule is Cc1cccc(NC(=O)CSc2nnc(COc3ccc(C)cc3C)n2N)c1. The van der Waals surface area contributed by atoms with Crippen molar-refractivity contribution >= 4 is 23.4 Å². The van der Waals surface area contributed by atoms with Crippen LogP contribution in [0.4, 0.5) is 5.69 Å². The van der Waals surface area contributed by atoms with Crippen LogP contribution in [0, 0.1) is 20.8 Å². The summed E-state index contributed by atoms with van der Waals surface area (Å²) in [6.07, 6.45) is 0. The number of aromatic nitrogens is 3. The van der Waals surface area contributed by atoms with E-state index in [4.69, 9.17) is 10.6 Å². The van der Waals surface area contributed by atoms with Gasteiger partial charge in [0.1, 0.15) is 12.4 Å². The fourth-order valence-corrected chi connectivity index (χ4v) is 3.33. The van der Waals surface area contributed by atoms with Crippen LogP contribution < -0.4 is 15.9 Å². The van der Waals surface area contributed by atoms with Crippen LogP contribution in [0.3, 0.4) is 0 Å². The first-order valence-corrected chi connectivity index (χ1v) is 9.79. The van der Waals surface area contributed by atoms with Crippen LogP contribution in [-0.4, -0.2) is 26.5 Å². The zero-order valence-electron chi connectivity index (χ0n) is 16.1. The maximum Gasteiger partial charge on any atom is 0.234 e. The smallest absolute Gasteiger partial charge is 0.234 e. The van der Waals surface area contributed by atoms with E-state index in [-0.39, 0.29) is 18.3 Å². The van der Waals surface area contributed by atoms with Gasteiger partial charge >= 0.3 is 0 Å². The van der Waals surface area contributed by atoms with Crippen molar-refractivity contribution in [1.82, 2.24) is 14.9 Å². The molecule has 2 aromatic carbocycles. The third-order valence-electron chi connectivity index (χ3n) is 4.06. The van der Waals surface area contributed by atoms with E-state index in [9.17, 15) is 4.79 Å². The molecule has 0 aliphatic heterocycles. The number of anilines is 1. The minimum atomic E-state index is -0.133. The Kier molecular flexibility index (Phi) is 6.20. The lowest BCUT2D eigenvalue weighted by Gasteiger charge is -2.09. The molecule has 0 aliphatic rings. The van der Waals surface area contributed by atoms with Crippen molar-refractivity contribution in [1.29, 1.82) is 0 Å². The van der Waals surface area contributed by atoms with Gasteiger partial charge in [0.05, 0.1) is 5.75 Å². The number of benzene rings is 2. The Bertz CT molecular complexity index is 986. The number of carbonyl (C=O) groups excluding carboxylic acids is 1. The topological polar surface area (TPSA) is 95.1 Å². The van der Waals surface area contributed by atoms with Crippen molar-refractivity contribution in [3.8, 4) is 5.75 Å². The van der Waals surface area contributed by atoms with E-state index in [1.165, 1.54) is 22.0 Å². The number of thioether (sulfide) groups is 1. The molecule has 0 spiro atoms. The van der Waals surface area contributed by atoms with Gasteiger partial charge in [-0.05, 0) is 50.1 Å². The lowest BCUT2D eigenvalue weighted by atomic mass is 10.1. The van der Waals surface area contributed by atoms with E-state index in [0.717, 1.165) is 22.6 Å². The van der Waals surface area contributed by atoms with E-state index in [1.54, 1.807) is 0 Å². The number of nitrogens with two attached hydrogens (primary N) is 1. The first kappa shape index (κ1) is 19.8. The maximum atomic E-state index is 12.1. The summed E-state index contributed by atoms with van der Waals surface area (Å²) in [5.74, 6) is 7.36. The van der Waals surface area contributed by atoms with Crippen molar-refractivity contribution in [3.05, 3.63) is 65.0 Å². The number of carbonyl (C=O) groups is 1.